The zero-order chi connectivity index (χ0) is 30.0. The SMILES string of the molecule is CN1CCN(c2ccc(-c3nc(NCCc4ccc(O)cc4)c4ncn(Cc5ccc(C(F)(F)F)cc5)c4n3)cc2)CC1. The summed E-state index contributed by atoms with van der Waals surface area (Å²) in [6, 6.07) is 20.4. The van der Waals surface area contributed by atoms with Crippen LogP contribution in [0.15, 0.2) is 79.1 Å². The van der Waals surface area contributed by atoms with Crippen molar-refractivity contribution in [3.63, 3.8) is 0 Å². The van der Waals surface area contributed by atoms with Crippen molar-refractivity contribution in [2.24, 2.45) is 0 Å². The molecule has 0 aliphatic carbocycles. The van der Waals surface area contributed by atoms with E-state index >= 15 is 0 Å². The van der Waals surface area contributed by atoms with Gasteiger partial charge in [0.05, 0.1) is 18.4 Å². The number of imidazole rings is 1. The Morgan fingerprint density at radius 3 is 2.19 bits per heavy atom. The van der Waals surface area contributed by atoms with Gasteiger partial charge in [-0.25, -0.2) is 15.0 Å². The van der Waals surface area contributed by atoms with Crippen molar-refractivity contribution in [2.45, 2.75) is 19.1 Å². The third-order valence-corrected chi connectivity index (χ3v) is 7.73. The van der Waals surface area contributed by atoms with E-state index in [0.717, 1.165) is 55.1 Å². The molecule has 3 heterocycles. The van der Waals surface area contributed by atoms with E-state index in [1.54, 1.807) is 18.5 Å². The van der Waals surface area contributed by atoms with E-state index in [4.69, 9.17) is 9.97 Å². The summed E-state index contributed by atoms with van der Waals surface area (Å²) >= 11 is 0. The van der Waals surface area contributed by atoms with Crippen molar-refractivity contribution in [1.29, 1.82) is 0 Å². The van der Waals surface area contributed by atoms with Crippen LogP contribution in [0.25, 0.3) is 22.6 Å². The Labute approximate surface area is 247 Å². The van der Waals surface area contributed by atoms with Crippen molar-refractivity contribution in [1.82, 2.24) is 24.4 Å². The average Bonchev–Trinajstić information content (AvgIpc) is 3.41. The second-order valence-electron chi connectivity index (χ2n) is 10.8. The molecule has 3 aromatic carbocycles. The smallest absolute Gasteiger partial charge is 0.416 e. The standard InChI is InChI=1S/C32H32F3N7O/c1-40-16-18-41(19-17-40)26-10-6-24(7-11-26)29-38-30(36-15-14-22-4-12-27(43)13-5-22)28-31(39-29)42(21-37-28)20-23-2-8-25(9-3-23)32(33,34)35/h2-13,21,43H,14-20H2,1H3,(H,36,38,39). The fourth-order valence-electron chi connectivity index (χ4n) is 5.18. The number of benzene rings is 3. The number of alkyl halides is 3. The van der Waals surface area contributed by atoms with E-state index in [-0.39, 0.29) is 5.75 Å². The summed E-state index contributed by atoms with van der Waals surface area (Å²) in [5.74, 6) is 1.32. The predicted octanol–water partition coefficient (Wildman–Crippen LogP) is 5.67. The van der Waals surface area contributed by atoms with Gasteiger partial charge in [0.25, 0.3) is 0 Å². The maximum atomic E-state index is 13.1. The van der Waals surface area contributed by atoms with E-state index < -0.39 is 11.7 Å². The highest BCUT2D eigenvalue weighted by atomic mass is 19.4. The number of hydrogen-bond acceptors (Lipinski definition) is 7. The van der Waals surface area contributed by atoms with Crippen molar-refractivity contribution in [3.8, 4) is 17.1 Å². The number of anilines is 2. The molecule has 0 amide bonds. The van der Waals surface area contributed by atoms with E-state index in [1.807, 2.05) is 28.8 Å². The zero-order valence-electron chi connectivity index (χ0n) is 23.7. The predicted molar refractivity (Wildman–Crippen MR) is 161 cm³/mol. The van der Waals surface area contributed by atoms with Crippen LogP contribution in [-0.4, -0.2) is 69.3 Å². The van der Waals surface area contributed by atoms with Gasteiger partial charge in [0.1, 0.15) is 11.3 Å². The molecule has 5 aromatic rings. The lowest BCUT2D eigenvalue weighted by Gasteiger charge is -2.34. The second-order valence-corrected chi connectivity index (χ2v) is 10.8. The van der Waals surface area contributed by atoms with Crippen molar-refractivity contribution in [3.05, 3.63) is 95.8 Å². The van der Waals surface area contributed by atoms with Crippen LogP contribution in [0.4, 0.5) is 24.7 Å². The summed E-state index contributed by atoms with van der Waals surface area (Å²) in [5.41, 5.74) is 4.24. The molecule has 1 fully saturated rings. The van der Waals surface area contributed by atoms with Gasteiger partial charge in [-0.05, 0) is 73.1 Å². The molecule has 6 rings (SSSR count). The fraction of sp³-hybridized carbons (Fsp3) is 0.281. The van der Waals surface area contributed by atoms with E-state index in [1.165, 1.54) is 12.1 Å². The molecule has 0 spiro atoms. The number of rotatable bonds is 8. The summed E-state index contributed by atoms with van der Waals surface area (Å²) in [4.78, 5) is 19.0. The highest BCUT2D eigenvalue weighted by Crippen LogP contribution is 2.30. The Bertz CT molecular complexity index is 1680. The van der Waals surface area contributed by atoms with E-state index in [2.05, 4.69) is 39.3 Å². The summed E-state index contributed by atoms with van der Waals surface area (Å²) in [6.45, 7) is 4.85. The Morgan fingerprint density at radius 2 is 1.51 bits per heavy atom. The number of aromatic nitrogens is 4. The zero-order valence-corrected chi connectivity index (χ0v) is 23.7. The first-order valence-electron chi connectivity index (χ1n) is 14.2. The Kier molecular flexibility index (Phi) is 7.90. The second kappa shape index (κ2) is 11.9. The molecule has 8 nitrogen and oxygen atoms in total. The number of hydrogen-bond donors (Lipinski definition) is 2. The minimum atomic E-state index is -4.39. The van der Waals surface area contributed by atoms with Crippen molar-refractivity contribution >= 4 is 22.7 Å². The van der Waals surface area contributed by atoms with Gasteiger partial charge < -0.3 is 24.8 Å². The molecule has 2 N–H and O–H groups in total. The Hall–Kier alpha value is -4.64. The number of nitrogens with one attached hydrogen (secondary N) is 1. The molecular weight excluding hydrogens is 555 g/mol. The van der Waals surface area contributed by atoms with Crippen LogP contribution < -0.4 is 10.2 Å². The summed E-state index contributed by atoms with van der Waals surface area (Å²) in [6.07, 6.45) is -2.04. The number of halogens is 3. The largest absolute Gasteiger partial charge is 0.508 e. The molecule has 0 atom stereocenters. The number of piperazine rings is 1. The topological polar surface area (TPSA) is 82.3 Å². The maximum Gasteiger partial charge on any atom is 0.416 e. The normalized spacial score (nSPS) is 14.4. The van der Waals surface area contributed by atoms with Gasteiger partial charge in [0, 0.05) is 44.0 Å². The van der Waals surface area contributed by atoms with Gasteiger partial charge in [-0.3, -0.25) is 0 Å². The molecule has 11 heteroatoms. The van der Waals surface area contributed by atoms with Crippen molar-refractivity contribution in [2.75, 3.05) is 50.0 Å². The van der Waals surface area contributed by atoms with Gasteiger partial charge >= 0.3 is 6.18 Å². The van der Waals surface area contributed by atoms with E-state index in [0.29, 0.717) is 47.9 Å². The van der Waals surface area contributed by atoms with Crippen LogP contribution >= 0.6 is 0 Å². The number of phenols is 1. The molecule has 2 aromatic heterocycles. The van der Waals surface area contributed by atoms with Gasteiger partial charge in [0.2, 0.25) is 0 Å². The maximum absolute atomic E-state index is 13.1. The molecule has 0 unspecified atom stereocenters. The molecule has 1 saturated heterocycles. The molecule has 43 heavy (non-hydrogen) atoms. The van der Waals surface area contributed by atoms with Crippen LogP contribution in [0.2, 0.25) is 0 Å². The lowest BCUT2D eigenvalue weighted by Crippen LogP contribution is -2.44. The minimum absolute atomic E-state index is 0.219. The number of fused-ring (bicyclic) bond motifs is 1. The average molecular weight is 588 g/mol. The fourth-order valence-corrected chi connectivity index (χ4v) is 5.18. The molecule has 0 radical (unpaired) electrons. The molecule has 0 saturated carbocycles. The summed E-state index contributed by atoms with van der Waals surface area (Å²) in [7, 11) is 2.13. The highest BCUT2D eigenvalue weighted by molar-refractivity contribution is 5.85. The van der Waals surface area contributed by atoms with Crippen LogP contribution in [0, 0.1) is 0 Å². The number of likely N-dealkylation sites (N-methyl/N-ethyl adjacent to an activating group) is 1. The van der Waals surface area contributed by atoms with Gasteiger partial charge in [-0.2, -0.15) is 13.2 Å². The molecule has 222 valence electrons. The lowest BCUT2D eigenvalue weighted by atomic mass is 10.1. The third-order valence-electron chi connectivity index (χ3n) is 7.73. The Morgan fingerprint density at radius 1 is 0.837 bits per heavy atom. The quantitative estimate of drug-likeness (QED) is 0.242. The summed E-state index contributed by atoms with van der Waals surface area (Å²) < 4.78 is 41.0. The lowest BCUT2D eigenvalue weighted by molar-refractivity contribution is -0.137. The first-order chi connectivity index (χ1) is 20.7. The van der Waals surface area contributed by atoms with Crippen LogP contribution in [0.5, 0.6) is 5.75 Å². The van der Waals surface area contributed by atoms with Crippen LogP contribution in [0.1, 0.15) is 16.7 Å². The first kappa shape index (κ1) is 28.5. The van der Waals surface area contributed by atoms with E-state index in [9.17, 15) is 18.3 Å². The molecule has 1 aliphatic rings. The van der Waals surface area contributed by atoms with Gasteiger partial charge in [0.15, 0.2) is 17.3 Å². The highest BCUT2D eigenvalue weighted by Gasteiger charge is 2.30. The van der Waals surface area contributed by atoms with Gasteiger partial charge in [-0.1, -0.05) is 24.3 Å². The number of aromatic hydroxyl groups is 1. The molecule has 0 bridgehead atoms. The van der Waals surface area contributed by atoms with Crippen LogP contribution in [0.3, 0.4) is 0 Å². The third kappa shape index (κ3) is 6.56. The number of nitrogens with zero attached hydrogens (tertiary/aromatic N) is 6. The summed E-state index contributed by atoms with van der Waals surface area (Å²) in [5, 5.41) is 13.0. The van der Waals surface area contributed by atoms with Gasteiger partial charge in [-0.15, -0.1) is 0 Å². The minimum Gasteiger partial charge on any atom is -0.508 e. The first-order valence-corrected chi connectivity index (χ1v) is 14.2. The monoisotopic (exact) mass is 587 g/mol. The Balaban J connectivity index is 1.29. The number of phenolic OH excluding ortho intramolecular Hbond substituents is 1. The van der Waals surface area contributed by atoms with Crippen molar-refractivity contribution < 1.29 is 18.3 Å². The molecular formula is C32H32F3N7O. The molecule has 1 aliphatic heterocycles. The van der Waals surface area contributed by atoms with Crippen LogP contribution in [-0.2, 0) is 19.1 Å².